The molecule has 2 rings (SSSR count). The van der Waals surface area contributed by atoms with Gasteiger partial charge in [-0.25, -0.2) is 0 Å². The van der Waals surface area contributed by atoms with Crippen LogP contribution in [0.2, 0.25) is 0 Å². The fourth-order valence-corrected chi connectivity index (χ4v) is 7.96. The molecular formula is C45H70N6O18. The van der Waals surface area contributed by atoms with Crippen molar-refractivity contribution in [2.24, 2.45) is 0 Å². The average Bonchev–Trinajstić information content (AvgIpc) is 3.29. The van der Waals surface area contributed by atoms with Crippen LogP contribution in [0.3, 0.4) is 0 Å². The Bertz CT molecular complexity index is 1870. The Morgan fingerprint density at radius 1 is 0.420 bits per heavy atom. The topological polar surface area (TPSA) is 378 Å². The minimum atomic E-state index is -1.63. The van der Waals surface area contributed by atoms with Crippen LogP contribution in [0.1, 0.15) is 81.2 Å². The van der Waals surface area contributed by atoms with E-state index < -0.39 is 157 Å². The van der Waals surface area contributed by atoms with E-state index in [4.69, 9.17) is 9.47 Å². The SMILES string of the molecule is COCC(=O)N(CC(O)CC(O)CN(C(=O)COC)c1c(C)c(C(=O)NCC(O)CO)c(C)c(C(=O)NCC(O)CO)c1C)c1c(C)c(C(=O)NCC(O)CO)c(C)c(C(=O)NCC(O)CO)c1C. The molecule has 0 bridgehead atoms. The first-order valence-electron chi connectivity index (χ1n) is 22.0. The summed E-state index contributed by atoms with van der Waals surface area (Å²) in [7, 11) is 2.45. The van der Waals surface area contributed by atoms with Gasteiger partial charge in [0.05, 0.1) is 87.5 Å². The molecule has 0 aromatic heterocycles. The summed E-state index contributed by atoms with van der Waals surface area (Å²) in [5, 5.41) is 111. The van der Waals surface area contributed by atoms with Crippen molar-refractivity contribution in [2.45, 2.75) is 84.6 Å². The van der Waals surface area contributed by atoms with Crippen molar-refractivity contribution >= 4 is 46.8 Å². The number of hydrogen-bond donors (Lipinski definition) is 14. The summed E-state index contributed by atoms with van der Waals surface area (Å²) in [4.78, 5) is 85.0. The first-order valence-corrected chi connectivity index (χ1v) is 22.0. The van der Waals surface area contributed by atoms with Gasteiger partial charge in [-0.3, -0.25) is 28.8 Å². The smallest absolute Gasteiger partial charge is 0.253 e. The second-order valence-electron chi connectivity index (χ2n) is 16.6. The molecule has 0 fully saturated rings. The molecule has 0 aliphatic heterocycles. The van der Waals surface area contributed by atoms with Gasteiger partial charge in [0, 0.05) is 69.1 Å². The standard InChI is InChI=1S/C45H70N6O18/c1-22-36(42(64)46-10-30(58)16-52)24(3)40(25(4)37(22)43(65)47-11-31(59)17-53)50(34(62)20-68-7)14-28(56)9-29(57)15-51(35(63)21-69-8)41-26(5)38(44(66)48-12-32(60)18-54)23(2)39(27(41)6)45(67)49-13-33(61)19-55/h28-33,52-61H,9-21H2,1-8H3,(H,46,64)(H,47,65)(H,48,66)(H,49,67). The summed E-state index contributed by atoms with van der Waals surface area (Å²) in [6.45, 7) is 2.06. The van der Waals surface area contributed by atoms with Crippen molar-refractivity contribution in [3.63, 3.8) is 0 Å². The van der Waals surface area contributed by atoms with Gasteiger partial charge in [0.1, 0.15) is 13.2 Å². The van der Waals surface area contributed by atoms with E-state index in [0.29, 0.717) is 0 Å². The van der Waals surface area contributed by atoms with Crippen molar-refractivity contribution in [1.82, 2.24) is 21.3 Å². The fraction of sp³-hybridized carbons (Fsp3) is 0.600. The van der Waals surface area contributed by atoms with E-state index in [-0.39, 0.29) is 67.0 Å². The number of carbonyl (C=O) groups excluding carboxylic acids is 6. The van der Waals surface area contributed by atoms with Crippen LogP contribution in [-0.4, -0.2) is 216 Å². The van der Waals surface area contributed by atoms with E-state index >= 15 is 0 Å². The summed E-state index contributed by atoms with van der Waals surface area (Å²) < 4.78 is 10.3. The zero-order valence-corrected chi connectivity index (χ0v) is 40.3. The van der Waals surface area contributed by atoms with Crippen LogP contribution in [0.15, 0.2) is 0 Å². The first kappa shape index (κ1) is 59.9. The van der Waals surface area contributed by atoms with Gasteiger partial charge in [-0.2, -0.15) is 0 Å². The molecule has 14 N–H and O–H groups in total. The van der Waals surface area contributed by atoms with Crippen LogP contribution in [0.5, 0.6) is 0 Å². The number of hydrogen-bond acceptors (Lipinski definition) is 18. The highest BCUT2D eigenvalue weighted by Crippen LogP contribution is 2.37. The van der Waals surface area contributed by atoms with E-state index in [1.807, 2.05) is 0 Å². The molecule has 0 aliphatic rings. The molecule has 6 unspecified atom stereocenters. The highest BCUT2D eigenvalue weighted by Gasteiger charge is 2.34. The molecule has 0 saturated carbocycles. The molecule has 0 heterocycles. The molecule has 6 atom stereocenters. The van der Waals surface area contributed by atoms with E-state index in [2.05, 4.69) is 21.3 Å². The molecule has 2 aromatic carbocycles. The summed E-state index contributed by atoms with van der Waals surface area (Å²) in [6, 6.07) is 0. The normalized spacial score (nSPS) is 13.9. The Hall–Kier alpha value is -5.22. The number of rotatable bonds is 28. The second kappa shape index (κ2) is 28.4. The van der Waals surface area contributed by atoms with Crippen LogP contribution in [-0.2, 0) is 19.1 Å². The zero-order valence-electron chi connectivity index (χ0n) is 40.3. The third-order valence-corrected chi connectivity index (χ3v) is 11.2. The lowest BCUT2D eigenvalue weighted by Gasteiger charge is -2.33. The minimum absolute atomic E-state index is 0.0330. The van der Waals surface area contributed by atoms with Crippen LogP contribution in [0.4, 0.5) is 11.4 Å². The predicted molar refractivity (Wildman–Crippen MR) is 248 cm³/mol. The summed E-state index contributed by atoms with van der Waals surface area (Å²) in [6.07, 6.45) is -9.20. The van der Waals surface area contributed by atoms with Gasteiger partial charge < -0.3 is 91.6 Å². The molecule has 0 saturated heterocycles. The number of benzene rings is 2. The Morgan fingerprint density at radius 3 is 0.855 bits per heavy atom. The third kappa shape index (κ3) is 15.9. The number of ether oxygens (including phenoxy) is 2. The number of nitrogens with zero attached hydrogens (tertiary/aromatic N) is 2. The second-order valence-corrected chi connectivity index (χ2v) is 16.6. The zero-order chi connectivity index (χ0) is 52.4. The molecule has 24 nitrogen and oxygen atoms in total. The summed E-state index contributed by atoms with van der Waals surface area (Å²) >= 11 is 0. The van der Waals surface area contributed by atoms with E-state index in [1.54, 1.807) is 0 Å². The van der Waals surface area contributed by atoms with Gasteiger partial charge in [0.25, 0.3) is 35.4 Å². The number of aliphatic hydroxyl groups excluding tert-OH is 10. The number of nitrogens with one attached hydrogen (secondary N) is 4. The highest BCUT2D eigenvalue weighted by atomic mass is 16.5. The van der Waals surface area contributed by atoms with Gasteiger partial charge in [0.2, 0.25) is 0 Å². The van der Waals surface area contributed by atoms with E-state index in [9.17, 15) is 79.8 Å². The van der Waals surface area contributed by atoms with Gasteiger partial charge >= 0.3 is 0 Å². The maximum Gasteiger partial charge on any atom is 0.253 e. The largest absolute Gasteiger partial charge is 0.394 e. The quantitative estimate of drug-likeness (QED) is 0.0383. The van der Waals surface area contributed by atoms with Crippen molar-refractivity contribution in [3.8, 4) is 0 Å². The van der Waals surface area contributed by atoms with Gasteiger partial charge in [-0.15, -0.1) is 0 Å². The molecule has 0 radical (unpaired) electrons. The maximum atomic E-state index is 13.9. The summed E-state index contributed by atoms with van der Waals surface area (Å²) in [5.41, 5.74) is 0.195. The third-order valence-electron chi connectivity index (χ3n) is 11.2. The van der Waals surface area contributed by atoms with Crippen LogP contribution in [0.25, 0.3) is 0 Å². The molecule has 2 aromatic rings. The molecule has 0 aliphatic carbocycles. The maximum absolute atomic E-state index is 13.9. The summed E-state index contributed by atoms with van der Waals surface area (Å²) in [5.74, 6) is -4.80. The lowest BCUT2D eigenvalue weighted by atomic mass is 9.89. The Labute approximate surface area is 399 Å². The van der Waals surface area contributed by atoms with Crippen LogP contribution in [0, 0.1) is 41.5 Å². The van der Waals surface area contributed by atoms with E-state index in [1.165, 1.54) is 55.8 Å². The Kier molecular flexibility index (Phi) is 24.7. The van der Waals surface area contributed by atoms with Crippen LogP contribution < -0.4 is 31.1 Å². The lowest BCUT2D eigenvalue weighted by molar-refractivity contribution is -0.123. The van der Waals surface area contributed by atoms with Gasteiger partial charge in [-0.05, 0) is 74.9 Å². The average molecular weight is 983 g/mol. The molecule has 388 valence electrons. The van der Waals surface area contributed by atoms with E-state index in [0.717, 1.165) is 9.80 Å². The first-order chi connectivity index (χ1) is 32.5. The molecular weight excluding hydrogens is 913 g/mol. The Morgan fingerprint density at radius 2 is 0.652 bits per heavy atom. The number of aliphatic hydroxyl groups is 10. The lowest BCUT2D eigenvalue weighted by Crippen LogP contribution is -2.45. The Balaban J connectivity index is 2.81. The van der Waals surface area contributed by atoms with Crippen molar-refractivity contribution in [3.05, 3.63) is 55.6 Å². The van der Waals surface area contributed by atoms with Gasteiger partial charge in [0.15, 0.2) is 0 Å². The molecule has 0 spiro atoms. The van der Waals surface area contributed by atoms with Crippen molar-refractivity contribution < 1.29 is 89.3 Å². The molecule has 6 amide bonds. The van der Waals surface area contributed by atoms with Crippen molar-refractivity contribution in [1.29, 1.82) is 0 Å². The molecule has 69 heavy (non-hydrogen) atoms. The van der Waals surface area contributed by atoms with Gasteiger partial charge in [-0.1, -0.05) is 0 Å². The number of carbonyl (C=O) groups is 6. The van der Waals surface area contributed by atoms with Crippen LogP contribution >= 0.6 is 0 Å². The fourth-order valence-electron chi connectivity index (χ4n) is 7.96. The minimum Gasteiger partial charge on any atom is -0.394 e. The van der Waals surface area contributed by atoms with Crippen molar-refractivity contribution in [2.75, 3.05) is 103 Å². The number of methoxy groups -OCH3 is 2. The number of anilines is 2. The number of amides is 6. The molecule has 24 heteroatoms. The predicted octanol–water partition coefficient (Wildman–Crippen LogP) is -4.36. The highest BCUT2D eigenvalue weighted by molar-refractivity contribution is 6.10. The monoisotopic (exact) mass is 982 g/mol.